The van der Waals surface area contributed by atoms with Crippen molar-refractivity contribution in [3.63, 3.8) is 0 Å². The Bertz CT molecular complexity index is 1120. The minimum Gasteiger partial charge on any atom is -0.324 e. The van der Waals surface area contributed by atoms with E-state index in [0.717, 1.165) is 0 Å². The van der Waals surface area contributed by atoms with Gasteiger partial charge in [-0.2, -0.15) is 10.2 Å². The van der Waals surface area contributed by atoms with Gasteiger partial charge in [-0.1, -0.05) is 0 Å². The van der Waals surface area contributed by atoms with Crippen LogP contribution in [0.1, 0.15) is 11.5 Å². The summed E-state index contributed by atoms with van der Waals surface area (Å²) < 4.78 is 2.88. The normalized spacial score (nSPS) is 11.4. The van der Waals surface area contributed by atoms with Gasteiger partial charge in [0.1, 0.15) is 5.82 Å². The molecule has 25 heavy (non-hydrogen) atoms. The summed E-state index contributed by atoms with van der Waals surface area (Å²) in [6.45, 7) is 10.9. The Morgan fingerprint density at radius 1 is 1.16 bits per heavy atom. The zero-order valence-corrected chi connectivity index (χ0v) is 13.3. The molecule has 11 heteroatoms. The Morgan fingerprint density at radius 3 is 2.80 bits per heavy atom. The first kappa shape index (κ1) is 14.6. The van der Waals surface area contributed by atoms with Gasteiger partial charge in [0.15, 0.2) is 23.0 Å². The third-order valence-electron chi connectivity index (χ3n) is 3.41. The summed E-state index contributed by atoms with van der Waals surface area (Å²) in [7, 11) is 0. The van der Waals surface area contributed by atoms with Crippen molar-refractivity contribution in [3.8, 4) is 5.82 Å². The second-order valence-electron chi connectivity index (χ2n) is 5.12. The molecule has 0 atom stereocenters. The van der Waals surface area contributed by atoms with Gasteiger partial charge in [0, 0.05) is 12.4 Å². The van der Waals surface area contributed by atoms with E-state index in [1.54, 1.807) is 6.20 Å². The maximum Gasteiger partial charge on any atom is 0.252 e. The van der Waals surface area contributed by atoms with Crippen LogP contribution in [0.4, 0.5) is 17.2 Å². The average Bonchev–Trinajstić information content (AvgIpc) is 3.26. The maximum absolute atomic E-state index is 7.29. The van der Waals surface area contributed by atoms with Gasteiger partial charge in [-0.05, 0) is 13.8 Å². The van der Waals surface area contributed by atoms with Crippen LogP contribution in [0, 0.1) is 20.4 Å². The van der Waals surface area contributed by atoms with Gasteiger partial charge in [0.2, 0.25) is 0 Å². The second kappa shape index (κ2) is 5.60. The van der Waals surface area contributed by atoms with Crippen molar-refractivity contribution < 1.29 is 0 Å². The number of azo groups is 1. The summed E-state index contributed by atoms with van der Waals surface area (Å²) in [6.07, 6.45) is 6.03. The third kappa shape index (κ3) is 2.41. The Hall–Kier alpha value is -3.94. The van der Waals surface area contributed by atoms with E-state index in [2.05, 4.69) is 45.3 Å². The summed E-state index contributed by atoms with van der Waals surface area (Å²) in [5, 5.41) is 21.1. The van der Waals surface area contributed by atoms with Crippen LogP contribution >= 0.6 is 0 Å². The van der Waals surface area contributed by atoms with Crippen LogP contribution in [0.2, 0.25) is 0 Å². The van der Waals surface area contributed by atoms with E-state index >= 15 is 0 Å². The van der Waals surface area contributed by atoms with Crippen LogP contribution in [0.15, 0.2) is 35.0 Å². The van der Waals surface area contributed by atoms with Crippen molar-refractivity contribution >= 4 is 22.8 Å². The highest BCUT2D eigenvalue weighted by Gasteiger charge is 2.16. The molecule has 11 nitrogen and oxygen atoms in total. The zero-order valence-electron chi connectivity index (χ0n) is 13.3. The van der Waals surface area contributed by atoms with Crippen LogP contribution in [0.3, 0.4) is 0 Å². The number of nitrogens with one attached hydrogen (secondary N) is 1. The van der Waals surface area contributed by atoms with Crippen LogP contribution < -0.4 is 0 Å². The predicted octanol–water partition coefficient (Wildman–Crippen LogP) is 2.62. The molecule has 4 aromatic heterocycles. The highest BCUT2D eigenvalue weighted by Crippen LogP contribution is 2.32. The number of aromatic nitrogens is 8. The van der Waals surface area contributed by atoms with Gasteiger partial charge in [-0.25, -0.2) is 14.5 Å². The van der Waals surface area contributed by atoms with Crippen molar-refractivity contribution in [2.75, 3.05) is 0 Å². The number of fused-ring (bicyclic) bond motifs is 1. The van der Waals surface area contributed by atoms with Gasteiger partial charge in [-0.15, -0.1) is 20.0 Å². The molecule has 4 aromatic rings. The van der Waals surface area contributed by atoms with Crippen LogP contribution in [-0.2, 0) is 0 Å². The minimum absolute atomic E-state index is 0.260. The van der Waals surface area contributed by atoms with Gasteiger partial charge >= 0.3 is 0 Å². The molecule has 4 heterocycles. The molecular weight excluding hydrogens is 322 g/mol. The van der Waals surface area contributed by atoms with Crippen molar-refractivity contribution in [1.82, 2.24) is 39.6 Å². The predicted molar refractivity (Wildman–Crippen MR) is 86.4 cm³/mol. The average molecular weight is 333 g/mol. The maximum atomic E-state index is 7.29. The lowest BCUT2D eigenvalue weighted by Crippen LogP contribution is -1.98. The number of rotatable bonds is 3. The molecule has 0 saturated carbocycles. The molecule has 0 fully saturated rings. The first-order chi connectivity index (χ1) is 12.2. The van der Waals surface area contributed by atoms with Gasteiger partial charge in [-0.3, -0.25) is 4.98 Å². The first-order valence-electron chi connectivity index (χ1n) is 7.23. The van der Waals surface area contributed by atoms with Crippen LogP contribution in [0.25, 0.3) is 16.3 Å². The summed E-state index contributed by atoms with van der Waals surface area (Å²) in [6, 6.07) is 0. The smallest absolute Gasteiger partial charge is 0.252 e. The molecule has 0 aliphatic rings. The molecule has 0 spiro atoms. The van der Waals surface area contributed by atoms with Gasteiger partial charge < -0.3 is 4.98 Å². The molecule has 0 bridgehead atoms. The Morgan fingerprint density at radius 2 is 2.04 bits per heavy atom. The van der Waals surface area contributed by atoms with Crippen LogP contribution in [-0.4, -0.2) is 39.6 Å². The lowest BCUT2D eigenvalue weighted by molar-refractivity contribution is 0.793. The quantitative estimate of drug-likeness (QED) is 0.456. The zero-order chi connectivity index (χ0) is 17.4. The molecule has 0 amide bonds. The number of aromatic amines is 1. The molecule has 122 valence electrons. The van der Waals surface area contributed by atoms with Gasteiger partial charge in [0.25, 0.3) is 5.69 Å². The fourth-order valence-electron chi connectivity index (χ4n) is 2.32. The fourth-order valence-corrected chi connectivity index (χ4v) is 2.32. The third-order valence-corrected chi connectivity index (χ3v) is 3.41. The van der Waals surface area contributed by atoms with E-state index in [9.17, 15) is 0 Å². The SMILES string of the molecule is [C-]#[N+]c1cnn(-c2cnccn2)c1/N=N/c1c(C)nn2nc(C)[nH]c12. The second-order valence-corrected chi connectivity index (χ2v) is 5.12. The summed E-state index contributed by atoms with van der Waals surface area (Å²) >= 11 is 0. The highest BCUT2D eigenvalue weighted by molar-refractivity contribution is 5.67. The van der Waals surface area contributed by atoms with Crippen molar-refractivity contribution in [1.29, 1.82) is 0 Å². The topological polar surface area (TPSA) is 119 Å². The Labute approximate surface area is 140 Å². The lowest BCUT2D eigenvalue weighted by Gasteiger charge is -2.01. The number of H-pyrrole nitrogens is 1. The molecule has 0 aliphatic heterocycles. The van der Waals surface area contributed by atoms with E-state index in [4.69, 9.17) is 6.57 Å². The van der Waals surface area contributed by atoms with Crippen molar-refractivity contribution in [2.45, 2.75) is 13.8 Å². The number of aryl methyl sites for hydroxylation is 2. The molecule has 0 radical (unpaired) electrons. The van der Waals surface area contributed by atoms with Crippen LogP contribution in [0.5, 0.6) is 0 Å². The number of nitrogens with zero attached hydrogens (tertiary/aromatic N) is 10. The monoisotopic (exact) mass is 333 g/mol. The molecule has 0 unspecified atom stereocenters. The standard InChI is InChI=1S/C14H11N11/c1-8-12(14-19-9(2)23-25(14)22-8)20-21-13-10(15-3)6-18-24(13)11-7-16-4-5-17-11/h4-7H,1-2H3,(H,19,23)/b21-20+. The molecule has 0 aliphatic carbocycles. The summed E-state index contributed by atoms with van der Waals surface area (Å²) in [5.41, 5.74) is 2.10. The fraction of sp³-hybridized carbons (Fsp3) is 0.143. The molecule has 0 saturated heterocycles. The Balaban J connectivity index is 1.82. The van der Waals surface area contributed by atoms with E-state index in [0.29, 0.717) is 28.7 Å². The Kier molecular flexibility index (Phi) is 3.28. The van der Waals surface area contributed by atoms with E-state index in [1.165, 1.54) is 27.9 Å². The van der Waals surface area contributed by atoms with E-state index < -0.39 is 0 Å². The highest BCUT2D eigenvalue weighted by atomic mass is 15.5. The van der Waals surface area contributed by atoms with E-state index in [-0.39, 0.29) is 11.5 Å². The first-order valence-corrected chi connectivity index (χ1v) is 7.23. The molecule has 4 rings (SSSR count). The van der Waals surface area contributed by atoms with Crippen molar-refractivity contribution in [3.05, 3.63) is 47.7 Å². The largest absolute Gasteiger partial charge is 0.324 e. The minimum atomic E-state index is 0.260. The van der Waals surface area contributed by atoms with Gasteiger partial charge in [0.05, 0.1) is 24.7 Å². The number of hydrogen-bond donors (Lipinski definition) is 1. The molecule has 1 N–H and O–H groups in total. The van der Waals surface area contributed by atoms with E-state index in [1.807, 2.05) is 13.8 Å². The lowest BCUT2D eigenvalue weighted by atomic mass is 10.4. The number of hydrogen-bond acceptors (Lipinski definition) is 7. The summed E-state index contributed by atoms with van der Waals surface area (Å²) in [4.78, 5) is 14.7. The summed E-state index contributed by atoms with van der Waals surface area (Å²) in [5.74, 6) is 1.43. The molecular formula is C14H11N11. The van der Waals surface area contributed by atoms with Crippen molar-refractivity contribution in [2.24, 2.45) is 10.2 Å². The molecule has 0 aromatic carbocycles.